The lowest BCUT2D eigenvalue weighted by Gasteiger charge is -2.43. The van der Waals surface area contributed by atoms with Crippen LogP contribution in [0, 0.1) is 0 Å². The number of piperidine rings is 1. The number of anilines is 1. The number of alkyl halides is 1. The Morgan fingerprint density at radius 2 is 2.07 bits per heavy atom. The highest BCUT2D eigenvalue weighted by molar-refractivity contribution is 7.92. The molecular formula is C17H23Cl2N5O3S. The maximum absolute atomic E-state index is 13.4. The van der Waals surface area contributed by atoms with Crippen LogP contribution in [0.1, 0.15) is 29.6 Å². The highest BCUT2D eigenvalue weighted by Gasteiger charge is 2.35. The van der Waals surface area contributed by atoms with Gasteiger partial charge >= 0.3 is 0 Å². The predicted octanol–water partition coefficient (Wildman–Crippen LogP) is 2.11. The molecule has 1 unspecified atom stereocenters. The van der Waals surface area contributed by atoms with E-state index >= 15 is 0 Å². The van der Waals surface area contributed by atoms with Crippen LogP contribution >= 0.6 is 23.2 Å². The Balaban J connectivity index is 1.96. The summed E-state index contributed by atoms with van der Waals surface area (Å²) in [5, 5.41) is 0.358. The van der Waals surface area contributed by atoms with Crippen molar-refractivity contribution in [1.82, 2.24) is 20.7 Å². The van der Waals surface area contributed by atoms with Crippen molar-refractivity contribution in [2.45, 2.75) is 30.9 Å². The second-order valence-electron chi connectivity index (χ2n) is 6.88. The minimum Gasteiger partial charge on any atom is -0.346 e. The highest BCUT2D eigenvalue weighted by Crippen LogP contribution is 2.31. The molecule has 1 aromatic carbocycles. The van der Waals surface area contributed by atoms with Crippen LogP contribution in [-0.4, -0.2) is 55.6 Å². The topological polar surface area (TPSA) is 93.8 Å². The average Bonchev–Trinajstić information content (AvgIpc) is 2.64. The van der Waals surface area contributed by atoms with Gasteiger partial charge in [-0.15, -0.1) is 0 Å². The number of carbonyl (C=O) groups excluding carboxylic acids is 1. The molecule has 0 saturated carbocycles. The quantitative estimate of drug-likeness (QED) is 0.483. The van der Waals surface area contributed by atoms with Gasteiger partial charge in [0.1, 0.15) is 0 Å². The highest BCUT2D eigenvalue weighted by atomic mass is 35.5. The first-order valence-electron chi connectivity index (χ1n) is 8.84. The summed E-state index contributed by atoms with van der Waals surface area (Å²) in [6.45, 7) is 0.555. The zero-order valence-electron chi connectivity index (χ0n) is 15.6. The molecule has 0 aromatic heterocycles. The number of benzene rings is 1. The van der Waals surface area contributed by atoms with E-state index in [0.717, 1.165) is 31.2 Å². The van der Waals surface area contributed by atoms with Gasteiger partial charge in [-0.2, -0.15) is 0 Å². The first-order chi connectivity index (χ1) is 13.2. The summed E-state index contributed by atoms with van der Waals surface area (Å²) in [7, 11) is -1.69. The molecule has 11 heteroatoms. The molecule has 2 heterocycles. The van der Waals surface area contributed by atoms with Gasteiger partial charge in [-0.25, -0.2) is 13.8 Å². The van der Waals surface area contributed by atoms with E-state index in [9.17, 15) is 13.2 Å². The van der Waals surface area contributed by atoms with Crippen LogP contribution in [0.5, 0.6) is 0 Å². The van der Waals surface area contributed by atoms with Gasteiger partial charge in [-0.3, -0.25) is 9.52 Å². The van der Waals surface area contributed by atoms with Gasteiger partial charge in [0.15, 0.2) is 5.62 Å². The fourth-order valence-corrected chi connectivity index (χ4v) is 4.39. The molecule has 0 aliphatic carbocycles. The summed E-state index contributed by atoms with van der Waals surface area (Å²) < 4.78 is 25.8. The molecule has 2 atom stereocenters. The van der Waals surface area contributed by atoms with Crippen molar-refractivity contribution < 1.29 is 13.2 Å². The Morgan fingerprint density at radius 3 is 2.79 bits per heavy atom. The summed E-state index contributed by atoms with van der Waals surface area (Å²) in [5.41, 5.74) is 6.67. The number of likely N-dealkylation sites (N-methyl/N-ethyl adjacent to an activating group) is 1. The van der Waals surface area contributed by atoms with E-state index in [1.807, 2.05) is 11.9 Å². The number of likely N-dealkylation sites (tertiary alicyclic amines) is 1. The van der Waals surface area contributed by atoms with E-state index in [-0.39, 0.29) is 23.2 Å². The van der Waals surface area contributed by atoms with E-state index in [4.69, 9.17) is 23.2 Å². The predicted molar refractivity (Wildman–Crippen MR) is 110 cm³/mol. The van der Waals surface area contributed by atoms with Crippen molar-refractivity contribution in [1.29, 1.82) is 0 Å². The summed E-state index contributed by atoms with van der Waals surface area (Å²) >= 11 is 12.4. The zero-order valence-corrected chi connectivity index (χ0v) is 17.9. The van der Waals surface area contributed by atoms with Crippen molar-refractivity contribution in [2.75, 3.05) is 24.6 Å². The van der Waals surface area contributed by atoms with Gasteiger partial charge in [0, 0.05) is 24.8 Å². The van der Waals surface area contributed by atoms with E-state index in [2.05, 4.69) is 15.6 Å². The summed E-state index contributed by atoms with van der Waals surface area (Å²) in [4.78, 5) is 17.0. The number of amides is 1. The van der Waals surface area contributed by atoms with Crippen molar-refractivity contribution in [3.8, 4) is 0 Å². The van der Waals surface area contributed by atoms with Crippen LogP contribution < -0.4 is 15.6 Å². The normalized spacial score (nSPS) is 23.1. The Labute approximate surface area is 174 Å². The molecule has 1 fully saturated rings. The number of halogens is 2. The lowest BCUT2D eigenvalue weighted by atomic mass is 9.97. The largest absolute Gasteiger partial charge is 0.346 e. The van der Waals surface area contributed by atoms with E-state index in [1.165, 1.54) is 12.1 Å². The lowest BCUT2D eigenvalue weighted by molar-refractivity contribution is 0.0609. The summed E-state index contributed by atoms with van der Waals surface area (Å²) in [6, 6.07) is 4.35. The smallest absolute Gasteiger partial charge is 0.256 e. The molecule has 0 bridgehead atoms. The molecule has 3 rings (SSSR count). The molecule has 0 radical (unpaired) electrons. The fraction of sp³-hybridized carbons (Fsp3) is 0.471. The summed E-state index contributed by atoms with van der Waals surface area (Å²) in [6.07, 6.45) is 5.46. The Morgan fingerprint density at radius 1 is 1.32 bits per heavy atom. The van der Waals surface area contributed by atoms with Gasteiger partial charge in [-0.05, 0) is 37.5 Å². The van der Waals surface area contributed by atoms with Crippen LogP contribution in [0.2, 0.25) is 5.02 Å². The Hall–Kier alpha value is -1.68. The molecular weight excluding hydrogens is 425 g/mol. The number of nitrogens with zero attached hydrogens (tertiary/aromatic N) is 2. The number of hydrazine groups is 1. The molecule has 1 amide bonds. The van der Waals surface area contributed by atoms with Gasteiger partial charge in [0.2, 0.25) is 10.0 Å². The third kappa shape index (κ3) is 4.65. The molecule has 1 saturated heterocycles. The van der Waals surface area contributed by atoms with Gasteiger partial charge in [-0.1, -0.05) is 23.2 Å². The van der Waals surface area contributed by atoms with Gasteiger partial charge in [0.25, 0.3) is 5.91 Å². The third-order valence-electron chi connectivity index (χ3n) is 4.78. The third-order valence-corrected chi connectivity index (χ3v) is 6.01. The maximum atomic E-state index is 13.4. The van der Waals surface area contributed by atoms with Gasteiger partial charge in [0.05, 0.1) is 29.2 Å². The number of carbonyl (C=O) groups is 1. The second kappa shape index (κ2) is 8.36. The molecule has 3 N–H and O–H groups in total. The number of rotatable bonds is 4. The first kappa shape index (κ1) is 21.0. The van der Waals surface area contributed by atoms with Crippen LogP contribution in [0.4, 0.5) is 5.69 Å². The zero-order chi connectivity index (χ0) is 20.5. The van der Waals surface area contributed by atoms with Crippen molar-refractivity contribution in [2.24, 2.45) is 0 Å². The first-order valence-corrected chi connectivity index (χ1v) is 11.5. The fourth-order valence-electron chi connectivity index (χ4n) is 3.46. The monoisotopic (exact) mass is 447 g/mol. The van der Waals surface area contributed by atoms with E-state index in [1.54, 1.807) is 17.2 Å². The molecule has 1 aromatic rings. The molecule has 154 valence electrons. The van der Waals surface area contributed by atoms with Crippen LogP contribution in [0.3, 0.4) is 0 Å². The second-order valence-corrected chi connectivity index (χ2v) is 9.48. The van der Waals surface area contributed by atoms with Crippen molar-refractivity contribution >= 4 is 44.8 Å². The van der Waals surface area contributed by atoms with E-state index in [0.29, 0.717) is 11.6 Å². The van der Waals surface area contributed by atoms with E-state index < -0.39 is 15.6 Å². The number of hydrogen-bond acceptors (Lipinski definition) is 6. The standard InChI is InChI=1S/C17H23Cl2N5O3S/c1-23-15(10-20-21-17(23)19)14-5-3-4-8-24(14)16(25)12-9-11(18)6-7-13(12)22-28(2,26)27/h6-7,9-10,14,17,20-22H,3-5,8H2,1-2H3/t14-,17?/m0/s1. The van der Waals surface area contributed by atoms with Crippen LogP contribution in [0.15, 0.2) is 30.1 Å². The molecule has 2 aliphatic rings. The van der Waals surface area contributed by atoms with Gasteiger partial charge < -0.3 is 15.2 Å². The SMILES string of the molecule is CN1C([C@@H]2CCCCN2C(=O)c2cc(Cl)ccc2NS(C)(=O)=O)=CNNC1Cl. The average molecular weight is 448 g/mol. The van der Waals surface area contributed by atoms with Crippen molar-refractivity contribution in [3.63, 3.8) is 0 Å². The minimum absolute atomic E-state index is 0.188. The number of sulfonamides is 1. The lowest BCUT2D eigenvalue weighted by Crippen LogP contribution is -2.55. The molecule has 2 aliphatic heterocycles. The van der Waals surface area contributed by atoms with Crippen molar-refractivity contribution in [3.05, 3.63) is 40.7 Å². The summed E-state index contributed by atoms with van der Waals surface area (Å²) in [5.74, 6) is -0.280. The molecule has 28 heavy (non-hydrogen) atoms. The minimum atomic E-state index is -3.55. The van der Waals surface area contributed by atoms with Crippen LogP contribution in [-0.2, 0) is 10.0 Å². The Bertz CT molecular complexity index is 893. The number of hydrogen-bond donors (Lipinski definition) is 3. The maximum Gasteiger partial charge on any atom is 0.256 e. The Kier molecular flexibility index (Phi) is 6.28. The molecule has 8 nitrogen and oxygen atoms in total. The number of nitrogens with one attached hydrogen (secondary N) is 3. The van der Waals surface area contributed by atoms with Crippen LogP contribution in [0.25, 0.3) is 0 Å². The molecule has 0 spiro atoms.